The summed E-state index contributed by atoms with van der Waals surface area (Å²) in [6, 6.07) is 0. The summed E-state index contributed by atoms with van der Waals surface area (Å²) < 4.78 is 5.00. The van der Waals surface area contributed by atoms with Crippen molar-refractivity contribution in [2.24, 2.45) is 0 Å². The Labute approximate surface area is 70.5 Å². The second-order valence-electron chi connectivity index (χ2n) is 1.18. The summed E-state index contributed by atoms with van der Waals surface area (Å²) in [5, 5.41) is 0. The summed E-state index contributed by atoms with van der Waals surface area (Å²) in [7, 11) is 0. The van der Waals surface area contributed by atoms with E-state index in [0.717, 1.165) is 0 Å². The fourth-order valence-corrected chi connectivity index (χ4v) is 0.546. The Bertz CT molecular complexity index is 131. The minimum absolute atomic E-state index is 0.352. The van der Waals surface area contributed by atoms with Gasteiger partial charge in [0.15, 0.2) is 0 Å². The molecule has 4 heteroatoms. The first-order valence-corrected chi connectivity index (χ1v) is 4.06. The van der Waals surface area contributed by atoms with E-state index in [9.17, 15) is 4.79 Å². The zero-order valence-corrected chi connectivity index (χ0v) is 8.03. The lowest BCUT2D eigenvalue weighted by Crippen LogP contribution is -2.02. The van der Waals surface area contributed by atoms with E-state index in [4.69, 9.17) is 0 Å². The van der Waals surface area contributed by atoms with Crippen LogP contribution in [0.2, 0.25) is 0 Å². The van der Waals surface area contributed by atoms with Gasteiger partial charge in [0, 0.05) is 4.99 Å². The molecule has 0 unspecified atom stereocenters. The van der Waals surface area contributed by atoms with Gasteiger partial charge in [-0.1, -0.05) is 15.9 Å². The number of esters is 1. The molecule has 0 heterocycles. The van der Waals surface area contributed by atoms with Crippen molar-refractivity contribution < 1.29 is 9.53 Å². The molecule has 0 atom stereocenters. The second kappa shape index (κ2) is 4.99. The zero-order chi connectivity index (χ0) is 7.28. The van der Waals surface area contributed by atoms with E-state index in [-0.39, 0.29) is 5.97 Å². The van der Waals surface area contributed by atoms with Crippen LogP contribution in [0.5, 0.6) is 0 Å². The first kappa shape index (κ1) is 9.17. The lowest BCUT2D eigenvalue weighted by Gasteiger charge is -1.96. The van der Waals surface area contributed by atoms with E-state index in [2.05, 4.69) is 36.6 Å². The van der Waals surface area contributed by atoms with Crippen LogP contribution >= 0.6 is 31.9 Å². The van der Waals surface area contributed by atoms with Gasteiger partial charge in [-0.15, -0.1) is 0 Å². The summed E-state index contributed by atoms with van der Waals surface area (Å²) in [5.41, 5.74) is 0. The molecule has 0 aromatic heterocycles. The predicted octanol–water partition coefficient (Wildman–Crippen LogP) is 2.18. The Morgan fingerprint density at radius 3 is 2.67 bits per heavy atom. The molecule has 0 rings (SSSR count). The second-order valence-corrected chi connectivity index (χ2v) is 2.49. The third-order valence-corrected chi connectivity index (χ3v) is 2.19. The highest BCUT2D eigenvalue weighted by atomic mass is 79.9. The van der Waals surface area contributed by atoms with E-state index in [1.54, 1.807) is 6.92 Å². The average Bonchev–Trinajstić information content (AvgIpc) is 1.87. The number of carbonyl (C=O) groups excluding carboxylic acids is 1. The normalized spacial score (nSPS) is 11.2. The maximum Gasteiger partial charge on any atom is 0.345 e. The van der Waals surface area contributed by atoms with Gasteiger partial charge in [-0.05, 0) is 22.9 Å². The van der Waals surface area contributed by atoms with Crippen molar-refractivity contribution in [2.75, 3.05) is 6.61 Å². The molecule has 0 fully saturated rings. The van der Waals surface area contributed by atoms with Crippen molar-refractivity contribution in [2.45, 2.75) is 6.92 Å². The SMILES string of the molecule is CCOC(=O)/C(Br)=C/Br. The maximum absolute atomic E-state index is 10.6. The molecule has 9 heavy (non-hydrogen) atoms. The minimum Gasteiger partial charge on any atom is -0.462 e. The zero-order valence-electron chi connectivity index (χ0n) is 4.86. The Morgan fingerprint density at radius 1 is 1.78 bits per heavy atom. The number of ether oxygens (including phenoxy) is 1. The van der Waals surface area contributed by atoms with Crippen LogP contribution in [0, 0.1) is 0 Å². The van der Waals surface area contributed by atoms with Gasteiger partial charge >= 0.3 is 5.97 Å². The Kier molecular flexibility index (Phi) is 5.09. The van der Waals surface area contributed by atoms with Crippen molar-refractivity contribution in [1.82, 2.24) is 0 Å². The Morgan fingerprint density at radius 2 is 2.33 bits per heavy atom. The van der Waals surface area contributed by atoms with Crippen LogP contribution in [0.3, 0.4) is 0 Å². The first-order chi connectivity index (χ1) is 4.22. The number of hydrogen-bond acceptors (Lipinski definition) is 2. The van der Waals surface area contributed by atoms with Crippen LogP contribution in [-0.2, 0) is 9.53 Å². The molecule has 0 saturated heterocycles. The minimum atomic E-state index is -0.352. The molecule has 0 saturated carbocycles. The number of carbonyl (C=O) groups is 1. The van der Waals surface area contributed by atoms with E-state index < -0.39 is 0 Å². The fourth-order valence-electron chi connectivity index (χ4n) is 0.245. The van der Waals surface area contributed by atoms with E-state index in [0.29, 0.717) is 11.1 Å². The molecule has 0 aromatic carbocycles. The summed E-state index contributed by atoms with van der Waals surface area (Å²) >= 11 is 5.96. The highest BCUT2D eigenvalue weighted by Crippen LogP contribution is 2.08. The van der Waals surface area contributed by atoms with Crippen molar-refractivity contribution in [3.63, 3.8) is 0 Å². The molecule has 0 N–H and O–H groups in total. The topological polar surface area (TPSA) is 26.3 Å². The fraction of sp³-hybridized carbons (Fsp3) is 0.400. The van der Waals surface area contributed by atoms with Crippen LogP contribution in [0.25, 0.3) is 0 Å². The Hall–Kier alpha value is 0.170. The average molecular weight is 258 g/mol. The third-order valence-electron chi connectivity index (χ3n) is 0.566. The summed E-state index contributed by atoms with van der Waals surface area (Å²) in [6.07, 6.45) is 0. The van der Waals surface area contributed by atoms with Crippen LogP contribution < -0.4 is 0 Å². The van der Waals surface area contributed by atoms with Gasteiger partial charge in [-0.3, -0.25) is 0 Å². The number of hydrogen-bond donors (Lipinski definition) is 0. The molecule has 0 aliphatic heterocycles. The van der Waals surface area contributed by atoms with Crippen molar-refractivity contribution in [3.8, 4) is 0 Å². The van der Waals surface area contributed by atoms with Crippen LogP contribution in [0.15, 0.2) is 9.47 Å². The molecule has 52 valence electrons. The van der Waals surface area contributed by atoms with E-state index in [1.165, 1.54) is 4.99 Å². The lowest BCUT2D eigenvalue weighted by atomic mass is 10.6. The van der Waals surface area contributed by atoms with Gasteiger partial charge in [-0.2, -0.15) is 0 Å². The molecule has 0 radical (unpaired) electrons. The summed E-state index contributed by atoms with van der Waals surface area (Å²) in [4.78, 5) is 12.1. The first-order valence-electron chi connectivity index (χ1n) is 2.35. The highest BCUT2D eigenvalue weighted by Gasteiger charge is 2.03. The summed E-state index contributed by atoms with van der Waals surface area (Å²) in [6.45, 7) is 2.15. The van der Waals surface area contributed by atoms with Gasteiger partial charge in [0.2, 0.25) is 0 Å². The monoisotopic (exact) mass is 256 g/mol. The molecule has 0 amide bonds. The maximum atomic E-state index is 10.6. The van der Waals surface area contributed by atoms with E-state index in [1.807, 2.05) is 0 Å². The van der Waals surface area contributed by atoms with Crippen molar-refractivity contribution in [1.29, 1.82) is 0 Å². The van der Waals surface area contributed by atoms with Crippen molar-refractivity contribution >= 4 is 37.8 Å². The third kappa shape index (κ3) is 3.70. The standard InChI is InChI=1S/C5H6Br2O2/c1-2-9-5(8)4(7)3-6/h3H,2H2,1H3/b4-3-. The molecule has 0 aliphatic carbocycles. The molecular formula is C5H6Br2O2. The predicted molar refractivity (Wildman–Crippen MR) is 42.6 cm³/mol. The van der Waals surface area contributed by atoms with Crippen LogP contribution in [0.1, 0.15) is 6.92 Å². The molecule has 0 aliphatic rings. The summed E-state index contributed by atoms with van der Waals surface area (Å²) in [5.74, 6) is -0.352. The smallest absolute Gasteiger partial charge is 0.345 e. The number of rotatable bonds is 2. The quantitative estimate of drug-likeness (QED) is 0.560. The number of halogens is 2. The molecule has 0 bridgehead atoms. The molecule has 2 nitrogen and oxygen atoms in total. The molecular weight excluding hydrogens is 252 g/mol. The molecule has 0 aromatic rings. The van der Waals surface area contributed by atoms with Gasteiger partial charge in [0.05, 0.1) is 6.61 Å². The highest BCUT2D eigenvalue weighted by molar-refractivity contribution is 9.14. The van der Waals surface area contributed by atoms with Gasteiger partial charge in [0.1, 0.15) is 4.48 Å². The van der Waals surface area contributed by atoms with E-state index >= 15 is 0 Å². The lowest BCUT2D eigenvalue weighted by molar-refractivity contribution is -0.137. The van der Waals surface area contributed by atoms with Gasteiger partial charge in [0.25, 0.3) is 0 Å². The van der Waals surface area contributed by atoms with Crippen molar-refractivity contribution in [3.05, 3.63) is 9.47 Å². The Balaban J connectivity index is 3.74. The molecule has 0 spiro atoms. The van der Waals surface area contributed by atoms with Gasteiger partial charge in [-0.25, -0.2) is 4.79 Å². The van der Waals surface area contributed by atoms with Gasteiger partial charge < -0.3 is 4.74 Å². The largest absolute Gasteiger partial charge is 0.462 e. The van der Waals surface area contributed by atoms with Crippen LogP contribution in [-0.4, -0.2) is 12.6 Å². The van der Waals surface area contributed by atoms with Crippen LogP contribution in [0.4, 0.5) is 0 Å².